The van der Waals surface area contributed by atoms with Crippen LogP contribution in [0.15, 0.2) is 22.7 Å². The van der Waals surface area contributed by atoms with Crippen LogP contribution in [0.1, 0.15) is 31.2 Å². The zero-order valence-corrected chi connectivity index (χ0v) is 13.0. The maximum absolute atomic E-state index is 11.6. The average molecular weight is 338 g/mol. The van der Waals surface area contributed by atoms with Gasteiger partial charge in [0.15, 0.2) is 0 Å². The maximum atomic E-state index is 11.6. The molecule has 1 aliphatic carbocycles. The second-order valence-corrected chi connectivity index (χ2v) is 6.60. The van der Waals surface area contributed by atoms with Gasteiger partial charge in [-0.2, -0.15) is 0 Å². The molecular weight excluding hydrogens is 318 g/mol. The van der Waals surface area contributed by atoms with Gasteiger partial charge in [-0.3, -0.25) is 4.79 Å². The third kappa shape index (κ3) is 2.99. The number of halogens is 1. The Labute approximate surface area is 127 Å². The quantitative estimate of drug-likeness (QED) is 0.865. The van der Waals surface area contributed by atoms with E-state index in [1.165, 1.54) is 18.4 Å². The van der Waals surface area contributed by atoms with Crippen molar-refractivity contribution in [2.75, 3.05) is 11.4 Å². The summed E-state index contributed by atoms with van der Waals surface area (Å²) in [5.41, 5.74) is 7.91. The van der Waals surface area contributed by atoms with E-state index in [0.717, 1.165) is 36.1 Å². The van der Waals surface area contributed by atoms with E-state index in [4.69, 9.17) is 5.73 Å². The summed E-state index contributed by atoms with van der Waals surface area (Å²) in [4.78, 5) is 13.8. The Morgan fingerprint density at radius 2 is 2.20 bits per heavy atom. The van der Waals surface area contributed by atoms with Crippen LogP contribution < -0.4 is 16.0 Å². The molecule has 20 heavy (non-hydrogen) atoms. The molecule has 1 aromatic rings. The van der Waals surface area contributed by atoms with Crippen LogP contribution in [-0.2, 0) is 11.3 Å². The van der Waals surface area contributed by atoms with Crippen LogP contribution in [-0.4, -0.2) is 24.5 Å². The van der Waals surface area contributed by atoms with Gasteiger partial charge in [0.2, 0.25) is 5.91 Å². The lowest BCUT2D eigenvalue weighted by Gasteiger charge is -2.27. The normalized spacial score (nSPS) is 22.2. The minimum atomic E-state index is -0.219. The van der Waals surface area contributed by atoms with Crippen LogP contribution >= 0.6 is 15.9 Å². The summed E-state index contributed by atoms with van der Waals surface area (Å²) in [5, 5.41) is 3.54. The Kier molecular flexibility index (Phi) is 3.98. The van der Waals surface area contributed by atoms with Crippen molar-refractivity contribution in [2.24, 2.45) is 5.73 Å². The summed E-state index contributed by atoms with van der Waals surface area (Å²) < 4.78 is 1.04. The molecule has 3 N–H and O–H groups in total. The molecule has 1 saturated carbocycles. The van der Waals surface area contributed by atoms with Crippen molar-refractivity contribution in [2.45, 2.75) is 44.3 Å². The van der Waals surface area contributed by atoms with Gasteiger partial charge in [-0.15, -0.1) is 0 Å². The van der Waals surface area contributed by atoms with Crippen molar-refractivity contribution in [3.63, 3.8) is 0 Å². The van der Waals surface area contributed by atoms with E-state index in [0.29, 0.717) is 6.04 Å². The lowest BCUT2D eigenvalue weighted by atomic mass is 10.1. The van der Waals surface area contributed by atoms with Gasteiger partial charge in [0.05, 0.1) is 0 Å². The molecule has 1 atom stereocenters. The molecule has 1 heterocycles. The number of carbonyl (C=O) groups excluding carboxylic acids is 1. The molecule has 2 fully saturated rings. The third-order valence-corrected chi connectivity index (χ3v) is 4.59. The van der Waals surface area contributed by atoms with Gasteiger partial charge in [-0.05, 0) is 43.4 Å². The van der Waals surface area contributed by atoms with Gasteiger partial charge in [0.1, 0.15) is 6.04 Å². The lowest BCUT2D eigenvalue weighted by molar-refractivity contribution is -0.119. The van der Waals surface area contributed by atoms with Gasteiger partial charge in [0, 0.05) is 29.3 Å². The zero-order valence-electron chi connectivity index (χ0n) is 11.4. The second kappa shape index (κ2) is 5.74. The van der Waals surface area contributed by atoms with Crippen LogP contribution in [0, 0.1) is 0 Å². The van der Waals surface area contributed by atoms with Gasteiger partial charge in [-0.25, -0.2) is 0 Å². The van der Waals surface area contributed by atoms with Crippen molar-refractivity contribution in [1.29, 1.82) is 0 Å². The molecule has 2 aliphatic rings. The molecule has 0 bridgehead atoms. The number of nitrogens with two attached hydrogens (primary N) is 1. The monoisotopic (exact) mass is 337 g/mol. The highest BCUT2D eigenvalue weighted by Gasteiger charge is 2.30. The largest absolute Gasteiger partial charge is 0.368 e. The molecule has 5 heteroatoms. The van der Waals surface area contributed by atoms with Crippen molar-refractivity contribution in [3.8, 4) is 0 Å². The van der Waals surface area contributed by atoms with Crippen molar-refractivity contribution in [3.05, 3.63) is 28.2 Å². The maximum Gasteiger partial charge on any atom is 0.240 e. The summed E-state index contributed by atoms with van der Waals surface area (Å²) in [6, 6.07) is 6.81. The van der Waals surface area contributed by atoms with E-state index in [9.17, 15) is 4.79 Å². The first kappa shape index (κ1) is 13.9. The predicted molar refractivity (Wildman–Crippen MR) is 83.6 cm³/mol. The molecular formula is C15H20BrN3O. The molecule has 4 nitrogen and oxygen atoms in total. The summed E-state index contributed by atoms with van der Waals surface area (Å²) >= 11 is 3.53. The van der Waals surface area contributed by atoms with E-state index in [2.05, 4.69) is 44.3 Å². The fraction of sp³-hybridized carbons (Fsp3) is 0.533. The van der Waals surface area contributed by atoms with Crippen molar-refractivity contribution in [1.82, 2.24) is 5.32 Å². The van der Waals surface area contributed by atoms with E-state index < -0.39 is 0 Å². The van der Waals surface area contributed by atoms with E-state index in [-0.39, 0.29) is 11.9 Å². The van der Waals surface area contributed by atoms with E-state index >= 15 is 0 Å². The molecule has 1 aliphatic heterocycles. The summed E-state index contributed by atoms with van der Waals surface area (Å²) in [6.45, 7) is 1.76. The standard InChI is InChI=1S/C15H20BrN3O/c16-11-4-3-10(9-18-12-5-6-12)14(8-11)19-7-1-2-13(19)15(17)20/h3-4,8,12-13,18H,1-2,5-7,9H2,(H2,17,20). The Balaban J connectivity index is 1.85. The summed E-state index contributed by atoms with van der Waals surface area (Å²) in [7, 11) is 0. The van der Waals surface area contributed by atoms with Gasteiger partial charge in [-0.1, -0.05) is 22.0 Å². The van der Waals surface area contributed by atoms with Crippen molar-refractivity contribution < 1.29 is 4.79 Å². The molecule has 1 saturated heterocycles. The average Bonchev–Trinajstić information content (AvgIpc) is 3.11. The van der Waals surface area contributed by atoms with E-state index in [1.807, 2.05) is 0 Å². The number of anilines is 1. The van der Waals surface area contributed by atoms with Crippen LogP contribution in [0.2, 0.25) is 0 Å². The molecule has 0 spiro atoms. The van der Waals surface area contributed by atoms with Crippen LogP contribution in [0.5, 0.6) is 0 Å². The fourth-order valence-corrected chi connectivity index (χ4v) is 3.20. The Morgan fingerprint density at radius 1 is 1.40 bits per heavy atom. The first-order valence-corrected chi connectivity index (χ1v) is 8.02. The smallest absolute Gasteiger partial charge is 0.240 e. The lowest BCUT2D eigenvalue weighted by Crippen LogP contribution is -2.41. The summed E-state index contributed by atoms with van der Waals surface area (Å²) in [6.07, 6.45) is 4.44. The minimum absolute atomic E-state index is 0.163. The van der Waals surface area contributed by atoms with Crippen LogP contribution in [0.25, 0.3) is 0 Å². The first-order chi connectivity index (χ1) is 9.65. The SMILES string of the molecule is NC(=O)C1CCCN1c1cc(Br)ccc1CNC1CC1. The predicted octanol–water partition coefficient (Wildman–Crippen LogP) is 2.16. The Bertz CT molecular complexity index is 516. The number of carbonyl (C=O) groups is 1. The minimum Gasteiger partial charge on any atom is -0.368 e. The number of primary amides is 1. The zero-order chi connectivity index (χ0) is 14.1. The number of nitrogens with one attached hydrogen (secondary N) is 1. The Hall–Kier alpha value is -1.07. The van der Waals surface area contributed by atoms with E-state index in [1.54, 1.807) is 0 Å². The number of hydrogen-bond donors (Lipinski definition) is 2. The van der Waals surface area contributed by atoms with Gasteiger partial charge in [0.25, 0.3) is 0 Å². The highest BCUT2D eigenvalue weighted by Crippen LogP contribution is 2.32. The highest BCUT2D eigenvalue weighted by molar-refractivity contribution is 9.10. The first-order valence-electron chi connectivity index (χ1n) is 7.23. The number of amides is 1. The molecule has 0 radical (unpaired) electrons. The second-order valence-electron chi connectivity index (χ2n) is 5.68. The molecule has 3 rings (SSSR count). The Morgan fingerprint density at radius 3 is 2.90 bits per heavy atom. The topological polar surface area (TPSA) is 58.4 Å². The number of benzene rings is 1. The van der Waals surface area contributed by atoms with Crippen LogP contribution in [0.3, 0.4) is 0 Å². The van der Waals surface area contributed by atoms with Crippen molar-refractivity contribution >= 4 is 27.5 Å². The highest BCUT2D eigenvalue weighted by atomic mass is 79.9. The molecule has 1 unspecified atom stereocenters. The number of rotatable bonds is 5. The van der Waals surface area contributed by atoms with Gasteiger partial charge < -0.3 is 16.0 Å². The molecule has 1 amide bonds. The summed E-state index contributed by atoms with van der Waals surface area (Å²) in [5.74, 6) is -0.219. The van der Waals surface area contributed by atoms with Crippen LogP contribution in [0.4, 0.5) is 5.69 Å². The molecule has 0 aromatic heterocycles. The third-order valence-electron chi connectivity index (χ3n) is 4.10. The molecule has 108 valence electrons. The fourth-order valence-electron chi connectivity index (χ4n) is 2.85. The number of nitrogens with zero attached hydrogens (tertiary/aromatic N) is 1. The number of hydrogen-bond acceptors (Lipinski definition) is 3. The van der Waals surface area contributed by atoms with Gasteiger partial charge >= 0.3 is 0 Å². The molecule has 1 aromatic carbocycles.